The molecule has 2 heterocycles. The van der Waals surface area contributed by atoms with Crippen LogP contribution in [0.1, 0.15) is 17.5 Å². The number of carbonyl (C=O) groups is 1. The summed E-state index contributed by atoms with van der Waals surface area (Å²) in [7, 11) is 0. The molecular formula is C24H25N3O. The minimum atomic E-state index is 0.233. The predicted octanol–water partition coefficient (Wildman–Crippen LogP) is 3.98. The zero-order chi connectivity index (χ0) is 19.2. The molecule has 1 aliphatic rings. The van der Waals surface area contributed by atoms with E-state index in [0.717, 1.165) is 26.2 Å². The quantitative estimate of drug-likeness (QED) is 0.681. The van der Waals surface area contributed by atoms with Gasteiger partial charge in [0.05, 0.1) is 0 Å². The number of aromatic nitrogens is 1. The van der Waals surface area contributed by atoms with Crippen molar-refractivity contribution in [2.45, 2.75) is 19.5 Å². The first-order valence-electron chi connectivity index (χ1n) is 9.82. The lowest BCUT2D eigenvalue weighted by Gasteiger charge is -2.23. The summed E-state index contributed by atoms with van der Waals surface area (Å²) in [6.45, 7) is 3.93. The maximum absolute atomic E-state index is 12.8. The molecule has 0 aliphatic carbocycles. The third-order valence-corrected chi connectivity index (χ3v) is 5.27. The van der Waals surface area contributed by atoms with Crippen LogP contribution in [0.2, 0.25) is 0 Å². The molecule has 0 bridgehead atoms. The summed E-state index contributed by atoms with van der Waals surface area (Å²) in [5.41, 5.74) is 4.78. The second-order valence-corrected chi connectivity index (χ2v) is 7.23. The van der Waals surface area contributed by atoms with E-state index in [0.29, 0.717) is 13.0 Å². The highest BCUT2D eigenvalue weighted by Gasteiger charge is 2.22. The van der Waals surface area contributed by atoms with Crippen LogP contribution < -0.4 is 0 Å². The van der Waals surface area contributed by atoms with Crippen LogP contribution in [-0.4, -0.2) is 40.3 Å². The Morgan fingerprint density at radius 1 is 0.821 bits per heavy atom. The van der Waals surface area contributed by atoms with Crippen molar-refractivity contribution in [3.8, 4) is 11.1 Å². The molecule has 3 aromatic rings. The van der Waals surface area contributed by atoms with Gasteiger partial charge in [0, 0.05) is 51.5 Å². The maximum atomic E-state index is 12.8. The molecule has 1 aliphatic heterocycles. The molecule has 0 unspecified atom stereocenters. The maximum Gasteiger partial charge on any atom is 0.224 e. The molecule has 2 aromatic carbocycles. The third-order valence-electron chi connectivity index (χ3n) is 5.27. The van der Waals surface area contributed by atoms with Gasteiger partial charge in [0.1, 0.15) is 0 Å². The van der Waals surface area contributed by atoms with Crippen LogP contribution >= 0.6 is 0 Å². The van der Waals surface area contributed by atoms with Gasteiger partial charge >= 0.3 is 0 Å². The summed E-state index contributed by atoms with van der Waals surface area (Å²) in [5.74, 6) is 0.233. The number of carbonyl (C=O) groups excluding carboxylic acids is 1. The van der Waals surface area contributed by atoms with Crippen molar-refractivity contribution >= 4 is 5.91 Å². The molecule has 4 heteroatoms. The number of nitrogens with zero attached hydrogens (tertiary/aromatic N) is 3. The van der Waals surface area contributed by atoms with E-state index in [2.05, 4.69) is 64.5 Å². The van der Waals surface area contributed by atoms with E-state index in [-0.39, 0.29) is 5.91 Å². The van der Waals surface area contributed by atoms with Gasteiger partial charge in [-0.1, -0.05) is 60.7 Å². The van der Waals surface area contributed by atoms with Gasteiger partial charge in [0.2, 0.25) is 5.91 Å². The van der Waals surface area contributed by atoms with E-state index < -0.39 is 0 Å². The van der Waals surface area contributed by atoms with Crippen LogP contribution in [0.4, 0.5) is 0 Å². The largest absolute Gasteiger partial charge is 0.337 e. The Morgan fingerprint density at radius 2 is 1.64 bits per heavy atom. The van der Waals surface area contributed by atoms with E-state index >= 15 is 0 Å². The number of hydrogen-bond acceptors (Lipinski definition) is 3. The summed E-state index contributed by atoms with van der Waals surface area (Å²) in [6.07, 6.45) is 4.26. The average Bonchev–Trinajstić information content (AvgIpc) is 2.92. The van der Waals surface area contributed by atoms with Gasteiger partial charge in [-0.05, 0) is 28.3 Å². The highest BCUT2D eigenvalue weighted by molar-refractivity contribution is 5.77. The van der Waals surface area contributed by atoms with E-state index in [1.54, 1.807) is 6.20 Å². The smallest absolute Gasteiger partial charge is 0.224 e. The predicted molar refractivity (Wildman–Crippen MR) is 111 cm³/mol. The van der Waals surface area contributed by atoms with E-state index in [4.69, 9.17) is 0 Å². The molecule has 4 nitrogen and oxygen atoms in total. The number of amides is 1. The normalized spacial score (nSPS) is 15.4. The lowest BCUT2D eigenvalue weighted by molar-refractivity contribution is -0.130. The van der Waals surface area contributed by atoms with Gasteiger partial charge in [0.15, 0.2) is 0 Å². The lowest BCUT2D eigenvalue weighted by atomic mass is 9.99. The molecule has 142 valence electrons. The zero-order valence-corrected chi connectivity index (χ0v) is 16.0. The van der Waals surface area contributed by atoms with Gasteiger partial charge in [-0.2, -0.15) is 0 Å². The number of rotatable bonds is 5. The van der Waals surface area contributed by atoms with Gasteiger partial charge in [0.25, 0.3) is 0 Å². The Kier molecular flexibility index (Phi) is 5.78. The molecule has 1 fully saturated rings. The molecule has 0 N–H and O–H groups in total. The van der Waals surface area contributed by atoms with E-state index in [9.17, 15) is 4.79 Å². The first-order valence-corrected chi connectivity index (χ1v) is 9.82. The SMILES string of the molecule is O=C1CCN(Cc2cccnc2)CCN1Cc1ccccc1-c1ccccc1. The Hall–Kier alpha value is -2.98. The van der Waals surface area contributed by atoms with Crippen molar-refractivity contribution in [2.75, 3.05) is 19.6 Å². The first-order chi connectivity index (χ1) is 13.8. The topological polar surface area (TPSA) is 36.4 Å². The average molecular weight is 371 g/mol. The van der Waals surface area contributed by atoms with Crippen LogP contribution in [0.5, 0.6) is 0 Å². The summed E-state index contributed by atoms with van der Waals surface area (Å²) in [5, 5.41) is 0. The second kappa shape index (κ2) is 8.81. The van der Waals surface area contributed by atoms with Gasteiger partial charge in [-0.15, -0.1) is 0 Å². The summed E-state index contributed by atoms with van der Waals surface area (Å²) >= 11 is 0. The molecule has 4 rings (SSSR count). The Morgan fingerprint density at radius 3 is 2.46 bits per heavy atom. The van der Waals surface area contributed by atoms with Crippen LogP contribution in [0.3, 0.4) is 0 Å². The Bertz CT molecular complexity index is 911. The standard InChI is InChI=1S/C24H25N3O/c28-24-12-14-26(18-20-7-6-13-25-17-20)15-16-27(24)19-22-10-4-5-11-23(22)21-8-2-1-3-9-21/h1-11,13,17H,12,14-16,18-19H2. The van der Waals surface area contributed by atoms with Gasteiger partial charge < -0.3 is 4.90 Å². The summed E-state index contributed by atoms with van der Waals surface area (Å²) in [6, 6.07) is 22.8. The fourth-order valence-electron chi connectivity index (χ4n) is 3.75. The minimum absolute atomic E-state index is 0.233. The van der Waals surface area contributed by atoms with Gasteiger partial charge in [-0.3, -0.25) is 14.7 Å². The Labute approximate surface area is 166 Å². The summed E-state index contributed by atoms with van der Waals surface area (Å²) < 4.78 is 0. The lowest BCUT2D eigenvalue weighted by Crippen LogP contribution is -2.32. The number of hydrogen-bond donors (Lipinski definition) is 0. The van der Waals surface area contributed by atoms with Crippen molar-refractivity contribution in [2.24, 2.45) is 0 Å². The van der Waals surface area contributed by atoms with Crippen LogP contribution in [-0.2, 0) is 17.9 Å². The van der Waals surface area contributed by atoms with Crippen molar-refractivity contribution in [3.05, 3.63) is 90.3 Å². The highest BCUT2D eigenvalue weighted by Crippen LogP contribution is 2.25. The second-order valence-electron chi connectivity index (χ2n) is 7.23. The molecule has 0 saturated carbocycles. The molecule has 0 radical (unpaired) electrons. The van der Waals surface area contributed by atoms with E-state index in [1.165, 1.54) is 22.3 Å². The Balaban J connectivity index is 1.46. The van der Waals surface area contributed by atoms with Crippen LogP contribution in [0.15, 0.2) is 79.1 Å². The fourth-order valence-corrected chi connectivity index (χ4v) is 3.75. The number of pyridine rings is 1. The molecule has 28 heavy (non-hydrogen) atoms. The van der Waals surface area contributed by atoms with Gasteiger partial charge in [-0.25, -0.2) is 0 Å². The van der Waals surface area contributed by atoms with Crippen molar-refractivity contribution in [3.63, 3.8) is 0 Å². The number of benzene rings is 2. The molecule has 0 atom stereocenters. The van der Waals surface area contributed by atoms with Crippen molar-refractivity contribution in [1.29, 1.82) is 0 Å². The molecule has 1 aromatic heterocycles. The molecule has 0 spiro atoms. The fraction of sp³-hybridized carbons (Fsp3) is 0.250. The summed E-state index contributed by atoms with van der Waals surface area (Å²) in [4.78, 5) is 21.3. The molecular weight excluding hydrogens is 346 g/mol. The monoisotopic (exact) mass is 371 g/mol. The first kappa shape index (κ1) is 18.4. The minimum Gasteiger partial charge on any atom is -0.337 e. The molecule has 1 saturated heterocycles. The van der Waals surface area contributed by atoms with Crippen molar-refractivity contribution in [1.82, 2.24) is 14.8 Å². The molecule has 1 amide bonds. The zero-order valence-electron chi connectivity index (χ0n) is 16.0. The highest BCUT2D eigenvalue weighted by atomic mass is 16.2. The van der Waals surface area contributed by atoms with Crippen LogP contribution in [0, 0.1) is 0 Å². The van der Waals surface area contributed by atoms with E-state index in [1.807, 2.05) is 23.2 Å². The third kappa shape index (κ3) is 4.46. The van der Waals surface area contributed by atoms with Crippen molar-refractivity contribution < 1.29 is 4.79 Å². The van der Waals surface area contributed by atoms with Crippen LogP contribution in [0.25, 0.3) is 11.1 Å².